The van der Waals surface area contributed by atoms with Gasteiger partial charge in [-0.2, -0.15) is 38.5 Å². The molecule has 16 aromatic rings. The highest BCUT2D eigenvalue weighted by atomic mass is 19.1. The van der Waals surface area contributed by atoms with Crippen molar-refractivity contribution in [1.29, 1.82) is 0 Å². The molecule has 0 saturated heterocycles. The average Bonchev–Trinajstić information content (AvgIpc) is 1.60. The summed E-state index contributed by atoms with van der Waals surface area (Å²) in [5, 5.41) is 56.0. The summed E-state index contributed by atoms with van der Waals surface area (Å²) in [6.07, 6.45) is 29.6. The fourth-order valence-corrected chi connectivity index (χ4v) is 19.4. The Morgan fingerprint density at radius 3 is 0.888 bits per heavy atom. The van der Waals surface area contributed by atoms with Crippen LogP contribution in [0.25, 0.3) is 95.1 Å². The molecular formula is C100H98F2N20O12. The van der Waals surface area contributed by atoms with Gasteiger partial charge in [0.05, 0.1) is 99.0 Å². The van der Waals surface area contributed by atoms with Crippen LogP contribution in [0.15, 0.2) is 189 Å². The molecule has 0 radical (unpaired) electrons. The number of halogens is 2. The van der Waals surface area contributed by atoms with E-state index in [9.17, 15) is 67.6 Å². The smallest absolute Gasteiger partial charge is 0.306 e. The Morgan fingerprint density at radius 2 is 0.612 bits per heavy atom. The number of Topliss-reactive ketones (excluding diaryl/α,β-unsaturated/α-hetero) is 4. The molecule has 134 heavy (non-hydrogen) atoms. The first kappa shape index (κ1) is 90.2. The number of ketones is 4. The van der Waals surface area contributed by atoms with E-state index in [1.54, 1.807) is 55.2 Å². The maximum Gasteiger partial charge on any atom is 0.306 e. The summed E-state index contributed by atoms with van der Waals surface area (Å²) in [7, 11) is 0. The van der Waals surface area contributed by atoms with Crippen LogP contribution in [0.3, 0.4) is 0 Å². The lowest BCUT2D eigenvalue weighted by Crippen LogP contribution is -2.23. The maximum absolute atomic E-state index is 13.3. The first-order chi connectivity index (χ1) is 64.4. The highest BCUT2D eigenvalue weighted by Gasteiger charge is 2.38. The van der Waals surface area contributed by atoms with Crippen LogP contribution in [0, 0.1) is 42.2 Å². The molecule has 4 saturated carbocycles. The number of hydrogen-bond acceptors (Lipinski definition) is 21. The molecule has 12 heterocycles. The number of nitrogens with two attached hydrogens (primary N) is 4. The first-order valence-corrected chi connectivity index (χ1v) is 44.6. The van der Waals surface area contributed by atoms with E-state index in [-0.39, 0.29) is 105 Å². The Bertz CT molecular complexity index is 7060. The quantitative estimate of drug-likeness (QED) is 0.0349. The molecule has 0 atom stereocenters. The Balaban J connectivity index is 0.000000124. The molecule has 0 bridgehead atoms. The minimum Gasteiger partial charge on any atom is -0.481 e. The zero-order valence-electron chi connectivity index (χ0n) is 74.1. The second-order valence-electron chi connectivity index (χ2n) is 35.1. The van der Waals surface area contributed by atoms with E-state index in [4.69, 9.17) is 42.9 Å². The molecule has 0 spiro atoms. The molecule has 4 aromatic carbocycles. The highest BCUT2D eigenvalue weighted by molar-refractivity contribution is 6.03. The monoisotopic (exact) mass is 1810 g/mol. The van der Waals surface area contributed by atoms with Crippen molar-refractivity contribution in [3.05, 3.63) is 252 Å². The van der Waals surface area contributed by atoms with Gasteiger partial charge in [0.2, 0.25) is 0 Å². The number of pyridine rings is 1. The van der Waals surface area contributed by atoms with Crippen molar-refractivity contribution in [2.75, 3.05) is 22.9 Å². The number of hydrogen-bond donors (Lipinski definition) is 8. The number of para-hydroxylation sites is 1. The van der Waals surface area contributed by atoms with Gasteiger partial charge in [0.25, 0.3) is 0 Å². The molecule has 12 aromatic heterocycles. The van der Waals surface area contributed by atoms with Crippen LogP contribution >= 0.6 is 0 Å². The van der Waals surface area contributed by atoms with Gasteiger partial charge >= 0.3 is 23.9 Å². The fraction of sp³-hybridized carbons (Fsp3) is 0.290. The van der Waals surface area contributed by atoms with Crippen LogP contribution in [0.2, 0.25) is 0 Å². The van der Waals surface area contributed by atoms with E-state index in [0.29, 0.717) is 170 Å². The van der Waals surface area contributed by atoms with Crippen LogP contribution in [0.4, 0.5) is 32.1 Å². The van der Waals surface area contributed by atoms with E-state index in [0.717, 1.165) is 78.0 Å². The van der Waals surface area contributed by atoms with Crippen LogP contribution in [0.5, 0.6) is 0 Å². The molecule has 4 fully saturated rings. The summed E-state index contributed by atoms with van der Waals surface area (Å²) in [5.74, 6) is -4.95. The van der Waals surface area contributed by atoms with Crippen LogP contribution in [0.1, 0.15) is 224 Å². The van der Waals surface area contributed by atoms with Crippen molar-refractivity contribution in [2.24, 2.45) is 23.7 Å². The molecule has 34 heteroatoms. The normalized spacial score (nSPS) is 18.4. The number of anilines is 4. The van der Waals surface area contributed by atoms with Gasteiger partial charge in [-0.25, -0.2) is 28.7 Å². The number of nitrogen functional groups attached to an aromatic ring is 4. The third-order valence-electron chi connectivity index (χ3n) is 26.6. The largest absolute Gasteiger partial charge is 0.481 e. The van der Waals surface area contributed by atoms with Gasteiger partial charge in [-0.15, -0.1) is 0 Å². The molecule has 0 unspecified atom stereocenters. The van der Waals surface area contributed by atoms with E-state index in [1.807, 2.05) is 118 Å². The minimum absolute atomic E-state index is 0.0107. The Kier molecular flexibility index (Phi) is 25.3. The topological polar surface area (TPSA) is 470 Å². The van der Waals surface area contributed by atoms with Gasteiger partial charge in [-0.05, 0) is 234 Å². The number of aliphatic carboxylic acids is 4. The summed E-state index contributed by atoms with van der Waals surface area (Å²) in [5.41, 5.74) is 43.3. The molecule has 4 aliphatic rings. The molecule has 0 aliphatic heterocycles. The van der Waals surface area contributed by atoms with Crippen LogP contribution in [-0.4, -0.2) is 145 Å². The number of benzene rings is 4. The number of rotatable bonds is 19. The lowest BCUT2D eigenvalue weighted by atomic mass is 9.79. The average molecular weight is 1810 g/mol. The molecule has 0 amide bonds. The van der Waals surface area contributed by atoms with Crippen molar-refractivity contribution in [1.82, 2.24) is 77.1 Å². The van der Waals surface area contributed by atoms with Crippen molar-refractivity contribution < 1.29 is 67.6 Å². The van der Waals surface area contributed by atoms with Gasteiger partial charge < -0.3 is 57.1 Å². The minimum atomic E-state index is -0.781. The summed E-state index contributed by atoms with van der Waals surface area (Å²) in [6, 6.07) is 36.4. The number of carbonyl (C=O) groups excluding carboxylic acids is 4. The van der Waals surface area contributed by atoms with E-state index >= 15 is 0 Å². The number of aryl methyl sites for hydroxylation is 1. The van der Waals surface area contributed by atoms with Gasteiger partial charge in [-0.3, -0.25) is 43.3 Å². The number of aromatic nitrogens is 16. The van der Waals surface area contributed by atoms with Crippen LogP contribution < -0.4 is 22.9 Å². The van der Waals surface area contributed by atoms with Crippen molar-refractivity contribution in [3.8, 4) is 61.6 Å². The van der Waals surface area contributed by atoms with Gasteiger partial charge in [-0.1, -0.05) is 29.8 Å². The first-order valence-electron chi connectivity index (χ1n) is 44.6. The van der Waals surface area contributed by atoms with E-state index in [2.05, 4.69) is 37.5 Å². The van der Waals surface area contributed by atoms with Crippen molar-refractivity contribution >= 4 is 104 Å². The fourth-order valence-electron chi connectivity index (χ4n) is 19.4. The number of carboxylic acid groups (broad SMARTS) is 4. The Morgan fingerprint density at radius 1 is 0.336 bits per heavy atom. The zero-order valence-corrected chi connectivity index (χ0v) is 74.1. The van der Waals surface area contributed by atoms with Crippen molar-refractivity contribution in [2.45, 2.75) is 161 Å². The molecule has 32 nitrogen and oxygen atoms in total. The Hall–Kier alpha value is -15.8. The van der Waals surface area contributed by atoms with Gasteiger partial charge in [0, 0.05) is 134 Å². The van der Waals surface area contributed by atoms with Crippen molar-refractivity contribution in [3.63, 3.8) is 0 Å². The summed E-state index contributed by atoms with van der Waals surface area (Å²) in [6.45, 7) is 7.91. The predicted molar refractivity (Wildman–Crippen MR) is 499 cm³/mol. The highest BCUT2D eigenvalue weighted by Crippen LogP contribution is 2.46. The standard InChI is InChI=1S/2C25H24FN5O3.2C25H25N5O3/c2*1-14(32)21-22(15-2-4-16(5-3-15)25(33)34)29-24-20(12-28-31(24)23(21)27)17-10-11-30(13-17)19-8-6-18(26)7-9-19;1-13-3-8-20-17(9-13)10-18(11-27-20)19-12-28-30-23(26)21(14(2)31)22(29-24(19)30)15-4-6-16(7-5-15)25(32)33;1-15(31)21-22(16-7-9-17(10-8-16)25(32)33)28-24-20(13-27-30(24)23(21)26)18-11-12-29(14-18)19-5-3-2-4-6-19/h2*6-13,15-16H,2-5,27H2,1H3,(H,33,34);3,8-12,15-16H,4-7,26H2,1-2H3,(H,32,33);2-6,11-14,16-17H,7-10,26H2,1H3,(H,32,33). The number of carboxylic acids is 4. The predicted octanol–water partition coefficient (Wildman–Crippen LogP) is 17.7. The molecular weight excluding hydrogens is 1710 g/mol. The number of carbonyl (C=O) groups is 8. The zero-order chi connectivity index (χ0) is 94.4. The maximum atomic E-state index is 13.3. The number of nitrogens with zero attached hydrogens (tertiary/aromatic N) is 16. The van der Waals surface area contributed by atoms with E-state index in [1.165, 1.54) is 70.0 Å². The lowest BCUT2D eigenvalue weighted by Gasteiger charge is -2.27. The van der Waals surface area contributed by atoms with Gasteiger partial charge in [0.1, 0.15) is 34.9 Å². The molecule has 12 N–H and O–H groups in total. The molecule has 684 valence electrons. The summed E-state index contributed by atoms with van der Waals surface area (Å²) < 4.78 is 38.4. The molecule has 20 rings (SSSR count). The molecule has 4 aliphatic carbocycles. The second kappa shape index (κ2) is 37.6. The van der Waals surface area contributed by atoms with Gasteiger partial charge in [0.15, 0.2) is 45.7 Å². The number of fused-ring (bicyclic) bond motifs is 5. The van der Waals surface area contributed by atoms with Crippen LogP contribution in [-0.2, 0) is 19.2 Å². The summed E-state index contributed by atoms with van der Waals surface area (Å²) in [4.78, 5) is 120. The third kappa shape index (κ3) is 17.9. The summed E-state index contributed by atoms with van der Waals surface area (Å²) >= 11 is 0. The lowest BCUT2D eigenvalue weighted by molar-refractivity contribution is -0.143. The Labute approximate surface area is 765 Å². The second-order valence-corrected chi connectivity index (χ2v) is 35.1. The third-order valence-corrected chi connectivity index (χ3v) is 26.6. The van der Waals surface area contributed by atoms with E-state index < -0.39 is 23.9 Å². The SMILES string of the molecule is CC(=O)c1c(C2CCC(C(=O)O)CC2)nc2c(-c3ccn(-c4ccc(F)cc4)c3)cnn2c1N.CC(=O)c1c(C2CCC(C(=O)O)CC2)nc2c(-c3ccn(-c4ccc(F)cc4)c3)cnn2c1N.CC(=O)c1c(C2CCC(C(=O)O)CC2)nc2c(-c3ccn(-c4ccccc4)c3)cnn2c1N.CC(=O)c1c(C2CCC(C(=O)O)CC2)nc2c(-c3cnc4ccc(C)cc4c3)cnn2c1N.